The number of rotatable bonds is 4. The number of primary amides is 1. The van der Waals surface area contributed by atoms with Crippen LogP contribution >= 0.6 is 0 Å². The normalized spacial score (nSPS) is 20.2. The molecule has 0 aliphatic carbocycles. The quantitative estimate of drug-likeness (QED) is 0.670. The van der Waals surface area contributed by atoms with Gasteiger partial charge in [0.2, 0.25) is 5.91 Å². The van der Waals surface area contributed by atoms with Gasteiger partial charge in [0.05, 0.1) is 6.61 Å². The molecule has 0 radical (unpaired) electrons. The Labute approximate surface area is 106 Å². The van der Waals surface area contributed by atoms with Gasteiger partial charge >= 0.3 is 0 Å². The smallest absolute Gasteiger partial charge is 0.248 e. The average molecular weight is 249 g/mol. The number of aliphatic hydroxyl groups is 1. The molecule has 0 bridgehead atoms. The Hall–Kier alpha value is -1.59. The minimum atomic E-state index is -0.470. The molecule has 1 aromatic rings. The van der Waals surface area contributed by atoms with Crippen molar-refractivity contribution in [2.24, 2.45) is 5.73 Å². The van der Waals surface area contributed by atoms with Gasteiger partial charge in [-0.25, -0.2) is 0 Å². The second-order valence-corrected chi connectivity index (χ2v) is 4.73. The lowest BCUT2D eigenvalue weighted by Gasteiger charge is -2.23. The monoisotopic (exact) mass is 249 g/mol. The van der Waals surface area contributed by atoms with Crippen molar-refractivity contribution >= 4 is 11.6 Å². The summed E-state index contributed by atoms with van der Waals surface area (Å²) in [7, 11) is 0. The molecule has 1 fully saturated rings. The van der Waals surface area contributed by atoms with Crippen molar-refractivity contribution < 1.29 is 9.90 Å². The molecule has 1 aliphatic heterocycles. The highest BCUT2D eigenvalue weighted by Gasteiger charge is 2.24. The van der Waals surface area contributed by atoms with Crippen LogP contribution in [-0.2, 0) is 6.54 Å². The first kappa shape index (κ1) is 12.9. The largest absolute Gasteiger partial charge is 0.398 e. The van der Waals surface area contributed by atoms with Crippen molar-refractivity contribution in [1.82, 2.24) is 4.90 Å². The molecule has 98 valence electrons. The summed E-state index contributed by atoms with van der Waals surface area (Å²) in [5.74, 6) is -0.470. The Morgan fingerprint density at radius 3 is 2.89 bits per heavy atom. The predicted molar refractivity (Wildman–Crippen MR) is 69.9 cm³/mol. The SMILES string of the molecule is NC(=O)c1ccc(CN2CCCC2CO)c(N)c1. The van der Waals surface area contributed by atoms with Crippen molar-refractivity contribution in [3.05, 3.63) is 29.3 Å². The van der Waals surface area contributed by atoms with Gasteiger partial charge in [0.25, 0.3) is 0 Å². The highest BCUT2D eigenvalue weighted by Crippen LogP contribution is 2.22. The summed E-state index contributed by atoms with van der Waals surface area (Å²) >= 11 is 0. The van der Waals surface area contributed by atoms with Crippen LogP contribution in [0.5, 0.6) is 0 Å². The van der Waals surface area contributed by atoms with Gasteiger partial charge in [-0.15, -0.1) is 0 Å². The first-order valence-electron chi connectivity index (χ1n) is 6.15. The zero-order valence-corrected chi connectivity index (χ0v) is 10.3. The number of likely N-dealkylation sites (tertiary alicyclic amines) is 1. The summed E-state index contributed by atoms with van der Waals surface area (Å²) < 4.78 is 0. The molecule has 5 nitrogen and oxygen atoms in total. The molecule has 1 unspecified atom stereocenters. The zero-order chi connectivity index (χ0) is 13.1. The molecule has 5 heteroatoms. The fraction of sp³-hybridized carbons (Fsp3) is 0.462. The highest BCUT2D eigenvalue weighted by molar-refractivity contribution is 5.93. The average Bonchev–Trinajstić information content (AvgIpc) is 2.78. The molecule has 1 saturated heterocycles. The molecule has 1 aliphatic rings. The minimum absolute atomic E-state index is 0.180. The van der Waals surface area contributed by atoms with E-state index in [0.29, 0.717) is 17.8 Å². The van der Waals surface area contributed by atoms with Crippen LogP contribution in [0.25, 0.3) is 0 Å². The molecule has 1 amide bonds. The molecule has 0 spiro atoms. The summed E-state index contributed by atoms with van der Waals surface area (Å²) in [6, 6.07) is 5.36. The molecule has 1 heterocycles. The van der Waals surface area contributed by atoms with Gasteiger partial charge in [-0.1, -0.05) is 6.07 Å². The maximum absolute atomic E-state index is 11.0. The number of anilines is 1. The first-order valence-corrected chi connectivity index (χ1v) is 6.15. The number of nitrogen functional groups attached to an aromatic ring is 1. The summed E-state index contributed by atoms with van der Waals surface area (Å²) in [5, 5.41) is 9.27. The van der Waals surface area contributed by atoms with Crippen molar-refractivity contribution in [2.75, 3.05) is 18.9 Å². The van der Waals surface area contributed by atoms with E-state index in [4.69, 9.17) is 11.5 Å². The van der Waals surface area contributed by atoms with Crippen LogP contribution in [0, 0.1) is 0 Å². The van der Waals surface area contributed by atoms with E-state index in [0.717, 1.165) is 24.9 Å². The molecule has 18 heavy (non-hydrogen) atoms. The van der Waals surface area contributed by atoms with Gasteiger partial charge < -0.3 is 16.6 Å². The topological polar surface area (TPSA) is 92.6 Å². The maximum atomic E-state index is 11.0. The molecule has 0 aromatic heterocycles. The fourth-order valence-electron chi connectivity index (χ4n) is 2.42. The number of aliphatic hydroxyl groups excluding tert-OH is 1. The molecule has 1 aromatic carbocycles. The van der Waals surface area contributed by atoms with Crippen LogP contribution in [0.4, 0.5) is 5.69 Å². The van der Waals surface area contributed by atoms with E-state index in [9.17, 15) is 9.90 Å². The molecule has 0 saturated carbocycles. The van der Waals surface area contributed by atoms with E-state index < -0.39 is 5.91 Å². The van der Waals surface area contributed by atoms with Gasteiger partial charge in [-0.05, 0) is 37.1 Å². The van der Waals surface area contributed by atoms with Gasteiger partial charge in [-0.3, -0.25) is 9.69 Å². The maximum Gasteiger partial charge on any atom is 0.248 e. The number of nitrogens with two attached hydrogens (primary N) is 2. The van der Waals surface area contributed by atoms with Crippen LogP contribution in [0.3, 0.4) is 0 Å². The van der Waals surface area contributed by atoms with Crippen molar-refractivity contribution in [3.8, 4) is 0 Å². The van der Waals surface area contributed by atoms with Crippen LogP contribution in [-0.4, -0.2) is 35.1 Å². The molecule has 2 rings (SSSR count). The van der Waals surface area contributed by atoms with E-state index in [1.54, 1.807) is 12.1 Å². The number of amides is 1. The second kappa shape index (κ2) is 5.37. The van der Waals surface area contributed by atoms with Crippen LogP contribution in [0.2, 0.25) is 0 Å². The fourth-order valence-corrected chi connectivity index (χ4v) is 2.42. The Morgan fingerprint density at radius 1 is 1.50 bits per heavy atom. The number of hydrogen-bond donors (Lipinski definition) is 3. The van der Waals surface area contributed by atoms with Gasteiger partial charge in [0.1, 0.15) is 0 Å². The molecule has 1 atom stereocenters. The van der Waals surface area contributed by atoms with Gasteiger partial charge in [-0.2, -0.15) is 0 Å². The lowest BCUT2D eigenvalue weighted by Crippen LogP contribution is -2.31. The summed E-state index contributed by atoms with van der Waals surface area (Å²) in [6.45, 7) is 1.86. The predicted octanol–water partition coefficient (Wildman–Crippen LogP) is 0.324. The third kappa shape index (κ3) is 2.63. The number of benzene rings is 1. The van der Waals surface area contributed by atoms with Crippen molar-refractivity contribution in [1.29, 1.82) is 0 Å². The van der Waals surface area contributed by atoms with Crippen LogP contribution in [0.15, 0.2) is 18.2 Å². The summed E-state index contributed by atoms with van der Waals surface area (Å²) in [4.78, 5) is 13.2. The summed E-state index contributed by atoms with van der Waals surface area (Å²) in [5.41, 5.74) is 13.1. The Morgan fingerprint density at radius 2 is 2.28 bits per heavy atom. The second-order valence-electron chi connectivity index (χ2n) is 4.73. The third-order valence-corrected chi connectivity index (χ3v) is 3.51. The zero-order valence-electron chi connectivity index (χ0n) is 10.3. The lowest BCUT2D eigenvalue weighted by molar-refractivity contribution is 0.100. The third-order valence-electron chi connectivity index (χ3n) is 3.51. The lowest BCUT2D eigenvalue weighted by atomic mass is 10.1. The number of nitrogens with zero attached hydrogens (tertiary/aromatic N) is 1. The van der Waals surface area contributed by atoms with E-state index in [1.165, 1.54) is 0 Å². The van der Waals surface area contributed by atoms with Crippen LogP contribution in [0.1, 0.15) is 28.8 Å². The highest BCUT2D eigenvalue weighted by atomic mass is 16.3. The number of carbonyl (C=O) groups is 1. The molecular formula is C13H19N3O2. The van der Waals surface area contributed by atoms with E-state index in [1.807, 2.05) is 6.07 Å². The standard InChI is InChI=1S/C13H19N3O2/c14-12-6-9(13(15)18)3-4-10(12)7-16-5-1-2-11(16)8-17/h3-4,6,11,17H,1-2,5,7-8,14H2,(H2,15,18). The van der Waals surface area contributed by atoms with E-state index in [-0.39, 0.29) is 12.6 Å². The minimum Gasteiger partial charge on any atom is -0.398 e. The first-order chi connectivity index (χ1) is 8.61. The van der Waals surface area contributed by atoms with E-state index in [2.05, 4.69) is 4.90 Å². The van der Waals surface area contributed by atoms with Gasteiger partial charge in [0.15, 0.2) is 0 Å². The Balaban J connectivity index is 2.12. The number of carbonyl (C=O) groups excluding carboxylic acids is 1. The van der Waals surface area contributed by atoms with E-state index >= 15 is 0 Å². The van der Waals surface area contributed by atoms with Crippen molar-refractivity contribution in [2.45, 2.75) is 25.4 Å². The Bertz CT molecular complexity index is 448. The molecular weight excluding hydrogens is 230 g/mol. The Kier molecular flexibility index (Phi) is 3.84. The van der Waals surface area contributed by atoms with Gasteiger partial charge in [0, 0.05) is 23.8 Å². The number of hydrogen-bond acceptors (Lipinski definition) is 4. The van der Waals surface area contributed by atoms with Crippen LogP contribution < -0.4 is 11.5 Å². The molecule has 5 N–H and O–H groups in total. The van der Waals surface area contributed by atoms with Crippen molar-refractivity contribution in [3.63, 3.8) is 0 Å². The summed E-state index contributed by atoms with van der Waals surface area (Å²) in [6.07, 6.45) is 2.13.